The van der Waals surface area contributed by atoms with Gasteiger partial charge < -0.3 is 25.4 Å². The lowest BCUT2D eigenvalue weighted by atomic mass is 9.98. The Balaban J connectivity index is 1.42. The number of nitrogens with zero attached hydrogens (tertiary/aromatic N) is 5. The van der Waals surface area contributed by atoms with Crippen molar-refractivity contribution in [3.05, 3.63) is 24.2 Å². The van der Waals surface area contributed by atoms with Crippen LogP contribution in [0.25, 0.3) is 0 Å². The lowest BCUT2D eigenvalue weighted by molar-refractivity contribution is -0.123. The molecule has 2 aliphatic rings. The molecule has 1 amide bonds. The molecule has 2 aromatic rings. The Morgan fingerprint density at radius 2 is 2.00 bits per heavy atom. The number of nitrogen functional groups attached to an aromatic ring is 1. The fourth-order valence-corrected chi connectivity index (χ4v) is 3.63. The third-order valence-corrected chi connectivity index (χ3v) is 6.06. The van der Waals surface area contributed by atoms with Crippen LogP contribution >= 0.6 is 0 Å². The summed E-state index contributed by atoms with van der Waals surface area (Å²) in [4.78, 5) is 30.5. The molecule has 1 aliphatic carbocycles. The van der Waals surface area contributed by atoms with Crippen LogP contribution in [0.5, 0.6) is 11.8 Å². The topological polar surface area (TPSA) is 128 Å². The van der Waals surface area contributed by atoms with Gasteiger partial charge in [0.1, 0.15) is 13.2 Å². The molecular formula is C23H26F3N7O3. The molecule has 0 spiro atoms. The van der Waals surface area contributed by atoms with Gasteiger partial charge in [0.25, 0.3) is 5.91 Å². The van der Waals surface area contributed by atoms with Crippen molar-refractivity contribution < 1.29 is 27.4 Å². The van der Waals surface area contributed by atoms with E-state index in [-0.39, 0.29) is 24.5 Å². The zero-order valence-electron chi connectivity index (χ0n) is 19.4. The molecule has 1 aliphatic heterocycles. The second-order valence-electron chi connectivity index (χ2n) is 8.88. The number of rotatable bonds is 9. The predicted octanol–water partition coefficient (Wildman–Crippen LogP) is 2.23. The number of pyridine rings is 1. The number of carbonyl (C=O) groups excluding carboxylic acids is 1. The van der Waals surface area contributed by atoms with Gasteiger partial charge in [-0.15, -0.1) is 6.42 Å². The first-order valence-electron chi connectivity index (χ1n) is 11.5. The van der Waals surface area contributed by atoms with Gasteiger partial charge in [0.15, 0.2) is 11.6 Å². The fraction of sp³-hybridized carbons (Fsp3) is 0.522. The van der Waals surface area contributed by atoms with Crippen LogP contribution in [0.3, 0.4) is 0 Å². The number of halogens is 3. The average Bonchev–Trinajstić information content (AvgIpc) is 3.66. The number of anilines is 2. The summed E-state index contributed by atoms with van der Waals surface area (Å²) >= 11 is 0. The van der Waals surface area contributed by atoms with Crippen molar-refractivity contribution >= 4 is 17.7 Å². The van der Waals surface area contributed by atoms with E-state index in [0.717, 1.165) is 25.7 Å². The number of nitrogens with one attached hydrogen (secondary N) is 1. The molecule has 0 radical (unpaired) electrons. The van der Waals surface area contributed by atoms with Crippen molar-refractivity contribution in [3.8, 4) is 24.1 Å². The third-order valence-electron chi connectivity index (χ3n) is 6.06. The smallest absolute Gasteiger partial charge is 0.405 e. The van der Waals surface area contributed by atoms with Gasteiger partial charge >= 0.3 is 12.2 Å². The number of alkyl halides is 3. The van der Waals surface area contributed by atoms with E-state index in [2.05, 4.69) is 25.9 Å². The highest BCUT2D eigenvalue weighted by Gasteiger charge is 2.42. The Bertz CT molecular complexity index is 1130. The van der Waals surface area contributed by atoms with Crippen LogP contribution in [0.4, 0.5) is 24.9 Å². The molecule has 192 valence electrons. The quantitative estimate of drug-likeness (QED) is 0.493. The van der Waals surface area contributed by atoms with Crippen LogP contribution in [0.15, 0.2) is 18.3 Å². The molecule has 0 bridgehead atoms. The highest BCUT2D eigenvalue weighted by atomic mass is 19.4. The zero-order chi connectivity index (χ0) is 25.8. The third kappa shape index (κ3) is 6.65. The monoisotopic (exact) mass is 505 g/mol. The Morgan fingerprint density at radius 3 is 2.64 bits per heavy atom. The minimum atomic E-state index is -4.57. The summed E-state index contributed by atoms with van der Waals surface area (Å²) in [7, 11) is 0. The lowest BCUT2D eigenvalue weighted by Crippen LogP contribution is -2.38. The number of aromatic nitrogens is 4. The normalized spacial score (nSPS) is 17.2. The Labute approximate surface area is 205 Å². The van der Waals surface area contributed by atoms with E-state index < -0.39 is 29.9 Å². The molecular weight excluding hydrogens is 479 g/mol. The Hall–Kier alpha value is -3.82. The summed E-state index contributed by atoms with van der Waals surface area (Å²) in [6.07, 6.45) is 5.61. The number of ether oxygens (including phenoxy) is 2. The van der Waals surface area contributed by atoms with Crippen LogP contribution < -0.4 is 25.4 Å². The minimum absolute atomic E-state index is 0.146. The summed E-state index contributed by atoms with van der Waals surface area (Å²) in [6.45, 7) is 0.175. The van der Waals surface area contributed by atoms with Crippen molar-refractivity contribution in [2.75, 3.05) is 43.5 Å². The maximum Gasteiger partial charge on any atom is 0.405 e. The van der Waals surface area contributed by atoms with E-state index in [4.69, 9.17) is 21.6 Å². The Morgan fingerprint density at radius 1 is 1.25 bits per heavy atom. The molecule has 36 heavy (non-hydrogen) atoms. The van der Waals surface area contributed by atoms with Crippen molar-refractivity contribution in [2.24, 2.45) is 11.3 Å². The van der Waals surface area contributed by atoms with E-state index >= 15 is 0 Å². The molecule has 10 nitrogen and oxygen atoms in total. The van der Waals surface area contributed by atoms with Gasteiger partial charge in [-0.25, -0.2) is 4.98 Å². The summed E-state index contributed by atoms with van der Waals surface area (Å²) in [5.74, 6) is 2.37. The number of piperidine rings is 1. The molecule has 1 saturated heterocycles. The molecule has 3 heterocycles. The molecule has 0 aromatic carbocycles. The summed E-state index contributed by atoms with van der Waals surface area (Å²) in [6, 6.07) is 3.34. The van der Waals surface area contributed by atoms with Crippen LogP contribution in [-0.4, -0.2) is 64.9 Å². The molecule has 13 heteroatoms. The average molecular weight is 506 g/mol. The van der Waals surface area contributed by atoms with Crippen LogP contribution in [0.2, 0.25) is 0 Å². The molecule has 0 atom stereocenters. The first-order chi connectivity index (χ1) is 17.2. The van der Waals surface area contributed by atoms with E-state index in [1.807, 2.05) is 4.90 Å². The summed E-state index contributed by atoms with van der Waals surface area (Å²) in [5, 5.41) is 1.78. The lowest BCUT2D eigenvalue weighted by Gasteiger charge is -2.32. The molecule has 4 rings (SSSR count). The molecule has 1 saturated carbocycles. The van der Waals surface area contributed by atoms with E-state index in [1.165, 1.54) is 0 Å². The SMILES string of the molecule is C#CC1(COc2nc(C(=O)NCC(F)(F)F)nc(N3CCC(COc4cccnc4N)CC3)n2)CC1. The maximum absolute atomic E-state index is 12.6. The number of terminal acetylenes is 1. The molecule has 3 N–H and O–H groups in total. The summed E-state index contributed by atoms with van der Waals surface area (Å²) in [5.41, 5.74) is 5.41. The van der Waals surface area contributed by atoms with Gasteiger partial charge in [0.05, 0.1) is 12.0 Å². The van der Waals surface area contributed by atoms with Gasteiger partial charge in [0.2, 0.25) is 11.8 Å². The largest absolute Gasteiger partial charge is 0.489 e. The maximum atomic E-state index is 12.6. The predicted molar refractivity (Wildman–Crippen MR) is 123 cm³/mol. The van der Waals surface area contributed by atoms with Crippen LogP contribution in [0.1, 0.15) is 36.3 Å². The molecule has 2 fully saturated rings. The zero-order valence-corrected chi connectivity index (χ0v) is 19.4. The second kappa shape index (κ2) is 10.4. The van der Waals surface area contributed by atoms with Gasteiger partial charge in [-0.3, -0.25) is 4.79 Å². The second-order valence-corrected chi connectivity index (χ2v) is 8.88. The van der Waals surface area contributed by atoms with Crippen LogP contribution in [-0.2, 0) is 0 Å². The van der Waals surface area contributed by atoms with Crippen LogP contribution in [0, 0.1) is 23.7 Å². The van der Waals surface area contributed by atoms with Gasteiger partial charge in [-0.1, -0.05) is 5.92 Å². The first-order valence-corrected chi connectivity index (χ1v) is 11.5. The van der Waals surface area contributed by atoms with E-state index in [9.17, 15) is 18.0 Å². The Kier molecular flexibility index (Phi) is 7.32. The van der Waals surface area contributed by atoms with Gasteiger partial charge in [-0.05, 0) is 43.7 Å². The highest BCUT2D eigenvalue weighted by Crippen LogP contribution is 2.44. The number of hydrogen-bond donors (Lipinski definition) is 2. The van der Waals surface area contributed by atoms with Gasteiger partial charge in [0, 0.05) is 19.3 Å². The number of nitrogens with two attached hydrogens (primary N) is 1. The van der Waals surface area contributed by atoms with Crippen molar-refractivity contribution in [2.45, 2.75) is 31.9 Å². The number of carbonyl (C=O) groups is 1. The first kappa shape index (κ1) is 25.3. The minimum Gasteiger partial charge on any atom is -0.489 e. The number of amides is 1. The number of hydrogen-bond acceptors (Lipinski definition) is 9. The molecule has 2 aromatic heterocycles. The van der Waals surface area contributed by atoms with Crippen molar-refractivity contribution in [1.29, 1.82) is 0 Å². The van der Waals surface area contributed by atoms with E-state index in [1.54, 1.807) is 23.6 Å². The van der Waals surface area contributed by atoms with Crippen molar-refractivity contribution in [3.63, 3.8) is 0 Å². The van der Waals surface area contributed by atoms with Gasteiger partial charge in [-0.2, -0.15) is 28.1 Å². The summed E-state index contributed by atoms with van der Waals surface area (Å²) < 4.78 is 49.1. The van der Waals surface area contributed by atoms with Crippen molar-refractivity contribution in [1.82, 2.24) is 25.3 Å². The fourth-order valence-electron chi connectivity index (χ4n) is 3.63. The highest BCUT2D eigenvalue weighted by molar-refractivity contribution is 5.90. The van der Waals surface area contributed by atoms with E-state index in [0.29, 0.717) is 31.3 Å². The molecule has 0 unspecified atom stereocenters. The standard InChI is InChI=1S/C23H26F3N7O3/c1-2-22(7-8-22)14-36-21-31-18(19(34)29-13-23(24,25)26)30-20(32-21)33-10-5-15(6-11-33)12-35-16-4-3-9-28-17(16)27/h1,3-4,9,15H,5-8,10-14H2,(H2,27,28)(H,29,34).